The lowest BCUT2D eigenvalue weighted by atomic mass is 10.4. The summed E-state index contributed by atoms with van der Waals surface area (Å²) in [6.45, 7) is 3.09. The molecule has 0 aliphatic heterocycles. The maximum absolute atomic E-state index is 11.7. The topological polar surface area (TPSA) is 82.6 Å². The second kappa shape index (κ2) is 5.74. The highest BCUT2D eigenvalue weighted by Crippen LogP contribution is 2.11. The van der Waals surface area contributed by atoms with Gasteiger partial charge in [0.2, 0.25) is 0 Å². The summed E-state index contributed by atoms with van der Waals surface area (Å²) in [6, 6.07) is 4.37. The maximum atomic E-state index is 11.7. The minimum atomic E-state index is -4.03. The van der Waals surface area contributed by atoms with Gasteiger partial charge in [0.05, 0.1) is 6.61 Å². The van der Waals surface area contributed by atoms with Crippen LogP contribution in [0.3, 0.4) is 0 Å². The minimum absolute atomic E-state index is 0.163. The van der Waals surface area contributed by atoms with Crippen LogP contribution in [0, 0.1) is 0 Å². The van der Waals surface area contributed by atoms with Crippen LogP contribution in [-0.2, 0) is 23.8 Å². The van der Waals surface area contributed by atoms with Gasteiger partial charge >= 0.3 is 16.1 Å². The lowest BCUT2D eigenvalue weighted by Gasteiger charge is -2.11. The van der Waals surface area contributed by atoms with Gasteiger partial charge in [-0.3, -0.25) is 4.18 Å². The molecule has 0 bridgehead atoms. The van der Waals surface area contributed by atoms with Gasteiger partial charge in [-0.15, -0.1) is 0 Å². The van der Waals surface area contributed by atoms with Crippen molar-refractivity contribution in [1.82, 2.24) is 4.98 Å². The van der Waals surface area contributed by atoms with Crippen LogP contribution in [0.5, 0.6) is 0 Å². The summed E-state index contributed by atoms with van der Waals surface area (Å²) in [5.74, 6) is -0.730. The molecule has 0 fully saturated rings. The normalized spacial score (nSPS) is 13.1. The predicted molar refractivity (Wildman–Crippen MR) is 58.6 cm³/mol. The predicted octanol–water partition coefficient (Wildman–Crippen LogP) is 0.739. The third-order valence-corrected chi connectivity index (χ3v) is 3.08. The van der Waals surface area contributed by atoms with E-state index in [1.807, 2.05) is 0 Å². The molecule has 1 aromatic rings. The number of hydrogen-bond donors (Lipinski definition) is 0. The summed E-state index contributed by atoms with van der Waals surface area (Å²) < 4.78 is 32.6. The van der Waals surface area contributed by atoms with E-state index in [0.717, 1.165) is 0 Å². The first-order chi connectivity index (χ1) is 7.97. The van der Waals surface area contributed by atoms with Crippen LogP contribution < -0.4 is 0 Å². The molecule has 1 unspecified atom stereocenters. The molecular formula is C10H13NO5S. The van der Waals surface area contributed by atoms with E-state index in [1.165, 1.54) is 25.3 Å². The maximum Gasteiger partial charge on any atom is 0.336 e. The van der Waals surface area contributed by atoms with Crippen LogP contribution in [0.4, 0.5) is 0 Å². The van der Waals surface area contributed by atoms with Gasteiger partial charge in [0.1, 0.15) is 0 Å². The molecule has 0 aromatic carbocycles. The molecule has 6 nitrogen and oxygen atoms in total. The van der Waals surface area contributed by atoms with Crippen molar-refractivity contribution in [3.63, 3.8) is 0 Å². The Kier molecular flexibility index (Phi) is 4.59. The molecule has 0 amide bonds. The van der Waals surface area contributed by atoms with Gasteiger partial charge in [0.25, 0.3) is 0 Å². The SMILES string of the molecule is CCOC(=O)C(C)OS(=O)(=O)c1ccccn1. The molecular weight excluding hydrogens is 246 g/mol. The van der Waals surface area contributed by atoms with Crippen molar-refractivity contribution in [2.45, 2.75) is 25.0 Å². The Morgan fingerprint density at radius 3 is 2.71 bits per heavy atom. The monoisotopic (exact) mass is 259 g/mol. The first-order valence-corrected chi connectivity index (χ1v) is 6.39. The molecule has 94 valence electrons. The number of hydrogen-bond acceptors (Lipinski definition) is 6. The number of nitrogens with zero attached hydrogens (tertiary/aromatic N) is 1. The van der Waals surface area contributed by atoms with Crippen molar-refractivity contribution < 1.29 is 22.1 Å². The van der Waals surface area contributed by atoms with Gasteiger partial charge in [0, 0.05) is 6.20 Å². The van der Waals surface area contributed by atoms with Crippen molar-refractivity contribution in [3.05, 3.63) is 24.4 Å². The third kappa shape index (κ3) is 3.79. The van der Waals surface area contributed by atoms with Crippen LogP contribution in [-0.4, -0.2) is 32.1 Å². The highest BCUT2D eigenvalue weighted by molar-refractivity contribution is 7.86. The van der Waals surface area contributed by atoms with E-state index in [2.05, 4.69) is 13.9 Å². The van der Waals surface area contributed by atoms with Crippen molar-refractivity contribution >= 4 is 16.1 Å². The Bertz CT molecular complexity index is 471. The van der Waals surface area contributed by atoms with E-state index in [9.17, 15) is 13.2 Å². The third-order valence-electron chi connectivity index (χ3n) is 1.78. The Morgan fingerprint density at radius 2 is 2.18 bits per heavy atom. The Balaban J connectivity index is 2.78. The van der Waals surface area contributed by atoms with Crippen molar-refractivity contribution in [2.24, 2.45) is 0 Å². The molecule has 1 heterocycles. The number of esters is 1. The lowest BCUT2D eigenvalue weighted by molar-refractivity contribution is -0.150. The fourth-order valence-corrected chi connectivity index (χ4v) is 2.03. The minimum Gasteiger partial charge on any atom is -0.464 e. The zero-order valence-corrected chi connectivity index (χ0v) is 10.3. The van der Waals surface area contributed by atoms with E-state index in [4.69, 9.17) is 0 Å². The summed E-state index contributed by atoms with van der Waals surface area (Å²) >= 11 is 0. The van der Waals surface area contributed by atoms with Crippen LogP contribution in [0.15, 0.2) is 29.4 Å². The van der Waals surface area contributed by atoms with E-state index in [-0.39, 0.29) is 11.6 Å². The van der Waals surface area contributed by atoms with Crippen LogP contribution in [0.2, 0.25) is 0 Å². The molecule has 0 radical (unpaired) electrons. The summed E-state index contributed by atoms with van der Waals surface area (Å²) in [5.41, 5.74) is 0. The van der Waals surface area contributed by atoms with Crippen molar-refractivity contribution in [1.29, 1.82) is 0 Å². The second-order valence-corrected chi connectivity index (χ2v) is 4.63. The standard InChI is InChI=1S/C10H13NO5S/c1-3-15-10(12)8(2)16-17(13,14)9-6-4-5-7-11-9/h4-8H,3H2,1-2H3. The summed E-state index contributed by atoms with van der Waals surface area (Å²) in [4.78, 5) is 14.9. The molecule has 0 spiro atoms. The number of pyridine rings is 1. The number of carbonyl (C=O) groups excluding carboxylic acids is 1. The van der Waals surface area contributed by atoms with Crippen LogP contribution in [0.1, 0.15) is 13.8 Å². The van der Waals surface area contributed by atoms with E-state index >= 15 is 0 Å². The van der Waals surface area contributed by atoms with Crippen LogP contribution >= 0.6 is 0 Å². The quantitative estimate of drug-likeness (QED) is 0.573. The van der Waals surface area contributed by atoms with Crippen molar-refractivity contribution in [3.8, 4) is 0 Å². The fraction of sp³-hybridized carbons (Fsp3) is 0.400. The number of ether oxygens (including phenoxy) is 1. The first-order valence-electron chi connectivity index (χ1n) is 4.98. The lowest BCUT2D eigenvalue weighted by Crippen LogP contribution is -2.26. The molecule has 7 heteroatoms. The molecule has 17 heavy (non-hydrogen) atoms. The van der Waals surface area contributed by atoms with Crippen LogP contribution in [0.25, 0.3) is 0 Å². The summed E-state index contributed by atoms with van der Waals surface area (Å²) in [5, 5.41) is -0.240. The molecule has 0 saturated carbocycles. The Morgan fingerprint density at radius 1 is 1.47 bits per heavy atom. The van der Waals surface area contributed by atoms with Gasteiger partial charge in [-0.1, -0.05) is 6.07 Å². The largest absolute Gasteiger partial charge is 0.464 e. The van der Waals surface area contributed by atoms with Gasteiger partial charge in [0.15, 0.2) is 11.1 Å². The van der Waals surface area contributed by atoms with Gasteiger partial charge in [-0.2, -0.15) is 8.42 Å². The fourth-order valence-electron chi connectivity index (χ4n) is 1.03. The zero-order valence-electron chi connectivity index (χ0n) is 9.49. The molecule has 0 aliphatic carbocycles. The molecule has 0 N–H and O–H groups in total. The van der Waals surface area contributed by atoms with Crippen molar-refractivity contribution in [2.75, 3.05) is 6.61 Å². The number of carbonyl (C=O) groups is 1. The van der Waals surface area contributed by atoms with E-state index < -0.39 is 22.2 Å². The molecule has 0 aliphatic rings. The average Bonchev–Trinajstić information content (AvgIpc) is 2.30. The number of rotatable bonds is 5. The highest BCUT2D eigenvalue weighted by Gasteiger charge is 2.25. The van der Waals surface area contributed by atoms with Gasteiger partial charge in [-0.05, 0) is 26.0 Å². The van der Waals surface area contributed by atoms with Gasteiger partial charge in [-0.25, -0.2) is 9.78 Å². The molecule has 1 aromatic heterocycles. The molecule has 0 saturated heterocycles. The average molecular weight is 259 g/mol. The second-order valence-electron chi connectivity index (χ2n) is 3.11. The smallest absolute Gasteiger partial charge is 0.336 e. The van der Waals surface area contributed by atoms with Gasteiger partial charge < -0.3 is 4.74 Å². The summed E-state index contributed by atoms with van der Waals surface area (Å²) in [7, 11) is -4.03. The molecule has 1 rings (SSSR count). The summed E-state index contributed by atoms with van der Waals surface area (Å²) in [6.07, 6.45) is 0.132. The number of aromatic nitrogens is 1. The van der Waals surface area contributed by atoms with E-state index in [0.29, 0.717) is 0 Å². The molecule has 1 atom stereocenters. The Labute approximate surface area is 99.7 Å². The first kappa shape index (κ1) is 13.6. The zero-order chi connectivity index (χ0) is 12.9. The highest BCUT2D eigenvalue weighted by atomic mass is 32.2. The van der Waals surface area contributed by atoms with E-state index in [1.54, 1.807) is 13.0 Å². The Hall–Kier alpha value is -1.47.